The lowest BCUT2D eigenvalue weighted by Gasteiger charge is -2.27. The van der Waals surface area contributed by atoms with Crippen molar-refractivity contribution in [3.05, 3.63) is 0 Å². The van der Waals surface area contributed by atoms with Gasteiger partial charge < -0.3 is 5.32 Å². The Morgan fingerprint density at radius 2 is 1.47 bits per heavy atom. The zero-order chi connectivity index (χ0) is 14.7. The highest BCUT2D eigenvalue weighted by Crippen LogP contribution is 2.10. The molecule has 0 saturated heterocycles. The van der Waals surface area contributed by atoms with E-state index in [2.05, 4.69) is 19.2 Å². The van der Waals surface area contributed by atoms with Crippen molar-refractivity contribution in [3.63, 3.8) is 0 Å². The van der Waals surface area contributed by atoms with E-state index in [1.807, 2.05) is 7.05 Å². The molecule has 116 valence electrons. The number of unbranched alkanes of at least 4 members (excludes halogenated alkanes) is 2. The van der Waals surface area contributed by atoms with Gasteiger partial charge in [0.1, 0.15) is 0 Å². The van der Waals surface area contributed by atoms with E-state index in [1.165, 1.54) is 4.31 Å². The molecule has 19 heavy (non-hydrogen) atoms. The van der Waals surface area contributed by atoms with Gasteiger partial charge >= 0.3 is 0 Å². The van der Waals surface area contributed by atoms with Gasteiger partial charge in [-0.05, 0) is 32.9 Å². The molecule has 0 fully saturated rings. The van der Waals surface area contributed by atoms with Crippen LogP contribution < -0.4 is 5.32 Å². The van der Waals surface area contributed by atoms with Gasteiger partial charge in [-0.15, -0.1) is 0 Å². The summed E-state index contributed by atoms with van der Waals surface area (Å²) in [5.41, 5.74) is 0. The Morgan fingerprint density at radius 3 is 1.89 bits per heavy atom. The normalized spacial score (nSPS) is 12.5. The minimum Gasteiger partial charge on any atom is -0.320 e. The summed E-state index contributed by atoms with van der Waals surface area (Å²) in [5.74, 6) is 0. The Labute approximate surface area is 119 Å². The molecule has 0 spiro atoms. The second-order valence-electron chi connectivity index (χ2n) is 4.89. The van der Waals surface area contributed by atoms with Crippen molar-refractivity contribution >= 4 is 10.2 Å². The molecule has 0 heterocycles. The van der Waals surface area contributed by atoms with Crippen LogP contribution in [-0.2, 0) is 10.2 Å². The third-order valence-electron chi connectivity index (χ3n) is 3.14. The van der Waals surface area contributed by atoms with Crippen molar-refractivity contribution in [1.29, 1.82) is 0 Å². The average molecular weight is 293 g/mol. The minimum absolute atomic E-state index is 0.567. The fourth-order valence-electron chi connectivity index (χ4n) is 1.80. The topological polar surface area (TPSA) is 52.7 Å². The second kappa shape index (κ2) is 10.6. The van der Waals surface area contributed by atoms with Gasteiger partial charge in [0.05, 0.1) is 0 Å². The molecule has 0 rings (SSSR count). The van der Waals surface area contributed by atoms with E-state index in [-0.39, 0.29) is 0 Å². The number of nitrogens with one attached hydrogen (secondary N) is 1. The molecule has 0 radical (unpaired) electrons. The standard InChI is InChI=1S/C13H31N3O2S/c1-5-7-12-16(13-8-6-2)19(17,18)15(4)11-9-10-14-3/h14H,5-13H2,1-4H3. The Kier molecular flexibility index (Phi) is 10.5. The Balaban J connectivity index is 4.55. The third-order valence-corrected chi connectivity index (χ3v) is 5.13. The highest BCUT2D eigenvalue weighted by atomic mass is 32.2. The molecule has 0 amide bonds. The quantitative estimate of drug-likeness (QED) is 0.557. The molecule has 0 aromatic rings. The summed E-state index contributed by atoms with van der Waals surface area (Å²) in [6, 6.07) is 0. The first kappa shape index (κ1) is 18.8. The van der Waals surface area contributed by atoms with Crippen LogP contribution in [0.15, 0.2) is 0 Å². The van der Waals surface area contributed by atoms with Crippen LogP contribution in [0, 0.1) is 0 Å². The molecule has 5 nitrogen and oxygen atoms in total. The smallest absolute Gasteiger partial charge is 0.281 e. The second-order valence-corrected chi connectivity index (χ2v) is 6.93. The first-order chi connectivity index (χ1) is 9.00. The number of hydrogen-bond donors (Lipinski definition) is 1. The van der Waals surface area contributed by atoms with Crippen LogP contribution in [0.25, 0.3) is 0 Å². The van der Waals surface area contributed by atoms with E-state index in [9.17, 15) is 8.42 Å². The predicted octanol–water partition coefficient (Wildman–Crippen LogP) is 1.67. The lowest BCUT2D eigenvalue weighted by Crippen LogP contribution is -2.43. The van der Waals surface area contributed by atoms with Gasteiger partial charge in [0, 0.05) is 26.7 Å². The molecular formula is C13H31N3O2S. The Morgan fingerprint density at radius 1 is 0.947 bits per heavy atom. The molecular weight excluding hydrogens is 262 g/mol. The van der Waals surface area contributed by atoms with E-state index >= 15 is 0 Å². The van der Waals surface area contributed by atoms with Crippen molar-refractivity contribution in [2.45, 2.75) is 46.0 Å². The molecule has 0 aliphatic carbocycles. The maximum Gasteiger partial charge on any atom is 0.281 e. The van der Waals surface area contributed by atoms with Gasteiger partial charge in [-0.2, -0.15) is 17.0 Å². The monoisotopic (exact) mass is 293 g/mol. The fourth-order valence-corrected chi connectivity index (χ4v) is 3.28. The molecule has 0 bridgehead atoms. The molecule has 1 N–H and O–H groups in total. The van der Waals surface area contributed by atoms with Gasteiger partial charge in [-0.1, -0.05) is 26.7 Å². The summed E-state index contributed by atoms with van der Waals surface area (Å²) < 4.78 is 28.1. The van der Waals surface area contributed by atoms with Crippen LogP contribution in [0.3, 0.4) is 0 Å². The zero-order valence-electron chi connectivity index (χ0n) is 13.0. The lowest BCUT2D eigenvalue weighted by molar-refractivity contribution is 0.347. The first-order valence-electron chi connectivity index (χ1n) is 7.36. The first-order valence-corrected chi connectivity index (χ1v) is 8.76. The molecule has 0 saturated carbocycles. The molecule has 0 unspecified atom stereocenters. The van der Waals surface area contributed by atoms with Crippen molar-refractivity contribution in [1.82, 2.24) is 13.9 Å². The Hall–Kier alpha value is -0.170. The van der Waals surface area contributed by atoms with Crippen molar-refractivity contribution in [3.8, 4) is 0 Å². The summed E-state index contributed by atoms with van der Waals surface area (Å²) in [4.78, 5) is 0. The van der Waals surface area contributed by atoms with Crippen molar-refractivity contribution < 1.29 is 8.42 Å². The molecule has 0 aromatic heterocycles. The van der Waals surface area contributed by atoms with Crippen LogP contribution in [0.2, 0.25) is 0 Å². The van der Waals surface area contributed by atoms with Crippen LogP contribution in [-0.4, -0.2) is 57.3 Å². The maximum atomic E-state index is 12.5. The average Bonchev–Trinajstić information content (AvgIpc) is 2.38. The van der Waals surface area contributed by atoms with E-state index < -0.39 is 10.2 Å². The van der Waals surface area contributed by atoms with E-state index in [1.54, 1.807) is 11.4 Å². The van der Waals surface area contributed by atoms with Crippen LogP contribution in [0.1, 0.15) is 46.0 Å². The molecule has 0 atom stereocenters. The number of hydrogen-bond acceptors (Lipinski definition) is 3. The summed E-state index contributed by atoms with van der Waals surface area (Å²) in [5, 5.41) is 3.04. The van der Waals surface area contributed by atoms with Gasteiger partial charge in [-0.3, -0.25) is 0 Å². The zero-order valence-corrected chi connectivity index (χ0v) is 13.8. The summed E-state index contributed by atoms with van der Waals surface area (Å²) in [6.45, 7) is 6.84. The molecule has 0 aromatic carbocycles. The van der Waals surface area contributed by atoms with Gasteiger partial charge in [0.25, 0.3) is 10.2 Å². The fraction of sp³-hybridized carbons (Fsp3) is 1.00. The summed E-state index contributed by atoms with van der Waals surface area (Å²) in [6.07, 6.45) is 4.71. The van der Waals surface area contributed by atoms with Crippen LogP contribution in [0.4, 0.5) is 0 Å². The van der Waals surface area contributed by atoms with E-state index in [0.29, 0.717) is 19.6 Å². The van der Waals surface area contributed by atoms with Gasteiger partial charge in [0.2, 0.25) is 0 Å². The van der Waals surface area contributed by atoms with Crippen LogP contribution >= 0.6 is 0 Å². The molecule has 0 aliphatic rings. The molecule has 0 aliphatic heterocycles. The number of nitrogens with zero attached hydrogens (tertiary/aromatic N) is 2. The van der Waals surface area contributed by atoms with Gasteiger partial charge in [-0.25, -0.2) is 0 Å². The number of rotatable bonds is 12. The van der Waals surface area contributed by atoms with Crippen molar-refractivity contribution in [2.24, 2.45) is 0 Å². The van der Waals surface area contributed by atoms with Crippen LogP contribution in [0.5, 0.6) is 0 Å². The maximum absolute atomic E-state index is 12.5. The minimum atomic E-state index is -3.29. The third kappa shape index (κ3) is 7.25. The SMILES string of the molecule is CCCCN(CCCC)S(=O)(=O)N(C)CCCNC. The summed E-state index contributed by atoms with van der Waals surface area (Å²) >= 11 is 0. The highest BCUT2D eigenvalue weighted by Gasteiger charge is 2.25. The molecule has 6 heteroatoms. The van der Waals surface area contributed by atoms with E-state index in [0.717, 1.165) is 38.6 Å². The Bertz CT molecular complexity index is 299. The highest BCUT2D eigenvalue weighted by molar-refractivity contribution is 7.86. The predicted molar refractivity (Wildman–Crippen MR) is 81.5 cm³/mol. The summed E-state index contributed by atoms with van der Waals surface area (Å²) in [7, 11) is 0.268. The van der Waals surface area contributed by atoms with Crippen molar-refractivity contribution in [2.75, 3.05) is 40.3 Å². The lowest BCUT2D eigenvalue weighted by atomic mass is 10.3. The largest absolute Gasteiger partial charge is 0.320 e. The van der Waals surface area contributed by atoms with E-state index in [4.69, 9.17) is 0 Å². The van der Waals surface area contributed by atoms with Gasteiger partial charge in [0.15, 0.2) is 0 Å².